The van der Waals surface area contributed by atoms with Crippen LogP contribution >= 0.6 is 0 Å². The molecule has 0 bridgehead atoms. The highest BCUT2D eigenvalue weighted by molar-refractivity contribution is 5.86. The second kappa shape index (κ2) is 8.25. The first-order chi connectivity index (χ1) is 18.3. The van der Waals surface area contributed by atoms with E-state index in [-0.39, 0.29) is 54.8 Å². The molecule has 0 aromatic rings. The lowest BCUT2D eigenvalue weighted by Gasteiger charge is -2.66. The number of hydrogen-bond acceptors (Lipinski definition) is 10. The summed E-state index contributed by atoms with van der Waals surface area (Å²) < 4.78 is 23.5. The lowest BCUT2D eigenvalue weighted by Crippen LogP contribution is -2.71. The van der Waals surface area contributed by atoms with Crippen molar-refractivity contribution in [3.05, 3.63) is 11.6 Å². The van der Waals surface area contributed by atoms with Crippen molar-refractivity contribution in [3.8, 4) is 0 Å². The van der Waals surface area contributed by atoms with Crippen LogP contribution in [0.15, 0.2) is 11.6 Å². The van der Waals surface area contributed by atoms with Crippen LogP contribution in [0.1, 0.15) is 72.1 Å². The van der Waals surface area contributed by atoms with E-state index >= 15 is 0 Å². The Morgan fingerprint density at radius 1 is 0.923 bits per heavy atom. The number of rotatable bonds is 1. The molecule has 218 valence electrons. The van der Waals surface area contributed by atoms with Gasteiger partial charge in [0, 0.05) is 29.9 Å². The number of carbonyl (C=O) groups is 1. The zero-order chi connectivity index (χ0) is 27.8. The van der Waals surface area contributed by atoms with Gasteiger partial charge in [-0.1, -0.05) is 13.8 Å². The van der Waals surface area contributed by atoms with Gasteiger partial charge in [-0.05, 0) is 68.6 Å². The van der Waals surface area contributed by atoms with Crippen molar-refractivity contribution >= 4 is 5.97 Å². The van der Waals surface area contributed by atoms with E-state index in [9.17, 15) is 30.3 Å². The summed E-state index contributed by atoms with van der Waals surface area (Å²) >= 11 is 0. The molecule has 39 heavy (non-hydrogen) atoms. The van der Waals surface area contributed by atoms with Crippen molar-refractivity contribution in [1.29, 1.82) is 0 Å². The number of fused-ring (bicyclic) bond motifs is 7. The minimum atomic E-state index is -1.93. The molecule has 0 aromatic heterocycles. The van der Waals surface area contributed by atoms with Crippen LogP contribution in [0.2, 0.25) is 0 Å². The summed E-state index contributed by atoms with van der Waals surface area (Å²) in [5, 5.41) is 57.9. The number of aliphatic hydroxyl groups excluding tert-OH is 2. The highest BCUT2D eigenvalue weighted by atomic mass is 16.8. The molecule has 0 aromatic carbocycles. The Morgan fingerprint density at radius 3 is 2.41 bits per heavy atom. The number of ether oxygens (including phenoxy) is 4. The first kappa shape index (κ1) is 26.8. The third kappa shape index (κ3) is 3.23. The normalized spacial score (nSPS) is 60.3. The fraction of sp³-hybridized carbons (Fsp3) is 0.897. The topological polar surface area (TPSA) is 155 Å². The third-order valence-corrected chi connectivity index (χ3v) is 12.5. The number of hydrogen-bond donors (Lipinski definition) is 5. The quantitative estimate of drug-likeness (QED) is 0.235. The van der Waals surface area contributed by atoms with E-state index in [1.165, 1.54) is 6.08 Å². The van der Waals surface area contributed by atoms with Gasteiger partial charge in [-0.3, -0.25) is 0 Å². The molecule has 3 heterocycles. The van der Waals surface area contributed by atoms with E-state index < -0.39 is 53.0 Å². The fourth-order valence-corrected chi connectivity index (χ4v) is 10.3. The summed E-state index contributed by atoms with van der Waals surface area (Å²) in [6.07, 6.45) is 1.29. The average molecular weight is 551 g/mol. The summed E-state index contributed by atoms with van der Waals surface area (Å²) in [7, 11) is 0. The number of aliphatic hydroxyl groups is 5. The molecule has 6 fully saturated rings. The molecule has 2 saturated heterocycles. The summed E-state index contributed by atoms with van der Waals surface area (Å²) in [4.78, 5) is 11.9. The molecule has 4 aliphatic carbocycles. The van der Waals surface area contributed by atoms with E-state index in [2.05, 4.69) is 6.92 Å². The molecule has 7 rings (SSSR count). The van der Waals surface area contributed by atoms with E-state index in [1.54, 1.807) is 0 Å². The Morgan fingerprint density at radius 2 is 1.69 bits per heavy atom. The third-order valence-electron chi connectivity index (χ3n) is 12.5. The van der Waals surface area contributed by atoms with Crippen molar-refractivity contribution in [1.82, 2.24) is 0 Å². The fourth-order valence-electron chi connectivity index (χ4n) is 10.3. The summed E-state index contributed by atoms with van der Waals surface area (Å²) in [5.74, 6) is -2.37. The lowest BCUT2D eigenvalue weighted by atomic mass is 9.42. The summed E-state index contributed by atoms with van der Waals surface area (Å²) in [5.41, 5.74) is -3.97. The van der Waals surface area contributed by atoms with Crippen LogP contribution in [0.5, 0.6) is 0 Å². The van der Waals surface area contributed by atoms with Gasteiger partial charge in [-0.25, -0.2) is 4.79 Å². The van der Waals surface area contributed by atoms with Gasteiger partial charge in [0.05, 0.1) is 24.4 Å². The van der Waals surface area contributed by atoms with Crippen molar-refractivity contribution in [3.63, 3.8) is 0 Å². The Bertz CT molecular complexity index is 1100. The second-order valence-corrected chi connectivity index (χ2v) is 14.1. The van der Waals surface area contributed by atoms with Crippen LogP contribution in [0, 0.1) is 28.6 Å². The Hall–Kier alpha value is -1.11. The Balaban J connectivity index is 1.19. The Labute approximate surface area is 228 Å². The largest absolute Gasteiger partial charge is 0.458 e. The standard InChI is InChI=1S/C29H42O10/c1-14-8-21(30)29(35)24(37-14)38-19-9-15-4-5-18-17(25(15,2)11-20(19)39-29)6-7-26(3)27(33,12-22(31)28(18,26)34)16-10-23(32)36-13-16/h10,14-15,17-22,24,30-31,33-35H,4-9,11-13H2,1-3H3/t14-,15+,17+,18-,19-,20-,21+,22-,24+,25+,26-,27-,28-,29+/m1/s1. The summed E-state index contributed by atoms with van der Waals surface area (Å²) in [6, 6.07) is 0. The van der Waals surface area contributed by atoms with Gasteiger partial charge in [0.15, 0.2) is 0 Å². The molecule has 4 saturated carbocycles. The molecule has 10 heteroatoms. The van der Waals surface area contributed by atoms with Crippen LogP contribution in [0.4, 0.5) is 0 Å². The Kier molecular flexibility index (Phi) is 5.66. The second-order valence-electron chi connectivity index (χ2n) is 14.1. The van der Waals surface area contributed by atoms with E-state index in [0.29, 0.717) is 24.8 Å². The predicted octanol–water partition coefficient (Wildman–Crippen LogP) is 0.907. The van der Waals surface area contributed by atoms with Gasteiger partial charge >= 0.3 is 5.97 Å². The maximum atomic E-state index is 12.5. The number of cyclic esters (lactones) is 1. The maximum Gasteiger partial charge on any atom is 0.331 e. The van der Waals surface area contributed by atoms with Crippen molar-refractivity contribution in [2.75, 3.05) is 6.61 Å². The molecule has 0 spiro atoms. The molecule has 0 unspecified atom stereocenters. The summed E-state index contributed by atoms with van der Waals surface area (Å²) in [6.45, 7) is 5.89. The smallest absolute Gasteiger partial charge is 0.331 e. The van der Waals surface area contributed by atoms with Gasteiger partial charge in [-0.15, -0.1) is 0 Å². The van der Waals surface area contributed by atoms with Crippen LogP contribution in [0.25, 0.3) is 0 Å². The van der Waals surface area contributed by atoms with Gasteiger partial charge in [-0.2, -0.15) is 0 Å². The van der Waals surface area contributed by atoms with E-state index in [1.807, 2.05) is 13.8 Å². The van der Waals surface area contributed by atoms with Gasteiger partial charge < -0.3 is 44.5 Å². The minimum Gasteiger partial charge on any atom is -0.458 e. The van der Waals surface area contributed by atoms with Gasteiger partial charge in [0.2, 0.25) is 12.1 Å². The van der Waals surface area contributed by atoms with Crippen LogP contribution in [-0.2, 0) is 23.7 Å². The zero-order valence-electron chi connectivity index (χ0n) is 22.9. The maximum absolute atomic E-state index is 12.5. The lowest BCUT2D eigenvalue weighted by molar-refractivity contribution is -0.458. The van der Waals surface area contributed by atoms with Crippen LogP contribution in [-0.4, -0.2) is 91.9 Å². The van der Waals surface area contributed by atoms with Crippen LogP contribution < -0.4 is 0 Å². The number of esters is 1. The molecule has 14 atom stereocenters. The number of carbonyl (C=O) groups excluding carboxylic acids is 1. The molecule has 10 nitrogen and oxygen atoms in total. The molecule has 0 amide bonds. The van der Waals surface area contributed by atoms with Gasteiger partial charge in [0.25, 0.3) is 0 Å². The zero-order valence-corrected chi connectivity index (χ0v) is 22.9. The first-order valence-corrected chi connectivity index (χ1v) is 14.7. The minimum absolute atomic E-state index is 0.0275. The molecule has 0 radical (unpaired) electrons. The average Bonchev–Trinajstić information content (AvgIpc) is 3.37. The molecular weight excluding hydrogens is 508 g/mol. The van der Waals surface area contributed by atoms with Crippen molar-refractivity contribution in [2.45, 2.75) is 126 Å². The monoisotopic (exact) mass is 550 g/mol. The van der Waals surface area contributed by atoms with Crippen molar-refractivity contribution in [2.24, 2.45) is 28.6 Å². The van der Waals surface area contributed by atoms with Crippen LogP contribution in [0.3, 0.4) is 0 Å². The van der Waals surface area contributed by atoms with Crippen molar-refractivity contribution < 1.29 is 49.3 Å². The molecular formula is C29H42O10. The first-order valence-electron chi connectivity index (χ1n) is 14.7. The molecule has 5 N–H and O–H groups in total. The predicted molar refractivity (Wildman–Crippen MR) is 134 cm³/mol. The highest BCUT2D eigenvalue weighted by Gasteiger charge is 2.76. The van der Waals surface area contributed by atoms with Gasteiger partial charge in [0.1, 0.15) is 23.9 Å². The highest BCUT2D eigenvalue weighted by Crippen LogP contribution is 2.71. The molecule has 3 aliphatic heterocycles. The van der Waals surface area contributed by atoms with E-state index in [0.717, 1.165) is 19.3 Å². The van der Waals surface area contributed by atoms with E-state index in [4.69, 9.17) is 18.9 Å². The SMILES string of the molecule is C[C@@H]1C[C@H](O)[C@]2(O)O[C@@H]3C[C@@]4(C)[C@@H](CC[C@@H]5[C@@H]4CC[C@@]4(C)[C@]5(O)[C@H](O)C[C@@]4(O)C4=CC(=O)OC4)C[C@H]3O[C@@H]2O1. The molecule has 7 aliphatic rings.